The summed E-state index contributed by atoms with van der Waals surface area (Å²) in [5, 5.41) is 5.66. The number of rotatable bonds is 4. The lowest BCUT2D eigenvalue weighted by Crippen LogP contribution is -2.56. The molecular weight excluding hydrogens is 316 g/mol. The minimum atomic E-state index is -0.512. The van der Waals surface area contributed by atoms with Crippen molar-refractivity contribution in [1.82, 2.24) is 15.5 Å². The first-order valence-corrected chi connectivity index (χ1v) is 8.05. The van der Waals surface area contributed by atoms with E-state index in [-0.39, 0.29) is 41.2 Å². The molecule has 1 rings (SSSR count). The fourth-order valence-electron chi connectivity index (χ4n) is 2.61. The molecule has 7 heteroatoms. The average molecular weight is 349 g/mol. The second-order valence-electron chi connectivity index (χ2n) is 8.09. The highest BCUT2D eigenvalue weighted by Gasteiger charge is 2.38. The Morgan fingerprint density at radius 2 is 1.87 bits per heavy atom. The molecule has 1 saturated heterocycles. The summed E-state index contributed by atoms with van der Waals surface area (Å²) in [4.78, 5) is 26.6. The monoisotopic (exact) mass is 348 g/mol. The maximum atomic E-state index is 12.7. The van der Waals surface area contributed by atoms with Gasteiger partial charge in [0.05, 0.1) is 0 Å². The number of likely N-dealkylation sites (tertiary alicyclic amines) is 1. The van der Waals surface area contributed by atoms with E-state index < -0.39 is 6.04 Å². The number of nitrogens with one attached hydrogen (secondary N) is 2. The van der Waals surface area contributed by atoms with Crippen molar-refractivity contribution in [3.05, 3.63) is 0 Å². The molecule has 1 heterocycles. The molecule has 1 fully saturated rings. The van der Waals surface area contributed by atoms with Gasteiger partial charge in [-0.15, -0.1) is 12.4 Å². The van der Waals surface area contributed by atoms with E-state index in [1.165, 1.54) is 0 Å². The van der Waals surface area contributed by atoms with Crippen LogP contribution in [0.5, 0.6) is 0 Å². The second kappa shape index (κ2) is 8.20. The van der Waals surface area contributed by atoms with Gasteiger partial charge in [0.25, 0.3) is 0 Å². The fraction of sp³-hybridized carbons (Fsp3) is 0.875. The van der Waals surface area contributed by atoms with Crippen LogP contribution in [0.1, 0.15) is 48.0 Å². The van der Waals surface area contributed by atoms with Crippen molar-refractivity contribution >= 4 is 24.3 Å². The van der Waals surface area contributed by atoms with Crippen molar-refractivity contribution in [3.63, 3.8) is 0 Å². The van der Waals surface area contributed by atoms with E-state index in [0.29, 0.717) is 19.6 Å². The van der Waals surface area contributed by atoms with Crippen LogP contribution in [0.25, 0.3) is 0 Å². The summed E-state index contributed by atoms with van der Waals surface area (Å²) >= 11 is 0. The van der Waals surface area contributed by atoms with Crippen molar-refractivity contribution in [3.8, 4) is 0 Å². The third kappa shape index (κ3) is 6.55. The molecule has 0 aliphatic carbocycles. The number of nitrogens with zero attached hydrogens (tertiary/aromatic N) is 1. The standard InChI is InChI=1S/C16H32N4O2.ClH/c1-11(2)12(18-14(22)19-15(3,4)5)13(21)20-8-7-16(6,9-17)10-20;/h11-12H,7-10,17H2,1-6H3,(H2,18,19,22);1H/t12-,16?;/m0./s1. The minimum Gasteiger partial charge on any atom is -0.340 e. The molecular formula is C16H33ClN4O2. The van der Waals surface area contributed by atoms with Gasteiger partial charge < -0.3 is 21.3 Å². The number of hydrogen-bond donors (Lipinski definition) is 3. The Hall–Kier alpha value is -1.01. The topological polar surface area (TPSA) is 87.5 Å². The Morgan fingerprint density at radius 1 is 1.30 bits per heavy atom. The van der Waals surface area contributed by atoms with E-state index in [1.54, 1.807) is 0 Å². The Kier molecular flexibility index (Phi) is 7.84. The first kappa shape index (κ1) is 22.0. The van der Waals surface area contributed by atoms with Gasteiger partial charge >= 0.3 is 6.03 Å². The molecule has 136 valence electrons. The number of nitrogens with two attached hydrogens (primary N) is 1. The van der Waals surface area contributed by atoms with Gasteiger partial charge in [-0.3, -0.25) is 4.79 Å². The van der Waals surface area contributed by atoms with E-state index in [4.69, 9.17) is 5.73 Å². The van der Waals surface area contributed by atoms with E-state index in [0.717, 1.165) is 6.42 Å². The Labute approximate surface area is 146 Å². The molecule has 6 nitrogen and oxygen atoms in total. The Balaban J connectivity index is 0.00000484. The molecule has 0 aromatic carbocycles. The molecule has 0 spiro atoms. The quantitative estimate of drug-likeness (QED) is 0.723. The molecule has 1 unspecified atom stereocenters. The average Bonchev–Trinajstić information content (AvgIpc) is 2.76. The van der Waals surface area contributed by atoms with Gasteiger partial charge in [-0.1, -0.05) is 20.8 Å². The highest BCUT2D eigenvalue weighted by molar-refractivity contribution is 5.87. The number of urea groups is 1. The van der Waals surface area contributed by atoms with Gasteiger partial charge in [0, 0.05) is 18.6 Å². The van der Waals surface area contributed by atoms with Crippen LogP contribution < -0.4 is 16.4 Å². The van der Waals surface area contributed by atoms with Gasteiger partial charge in [-0.25, -0.2) is 4.79 Å². The summed E-state index contributed by atoms with van der Waals surface area (Å²) in [6.07, 6.45) is 0.911. The first-order chi connectivity index (χ1) is 9.97. The molecule has 1 aliphatic heterocycles. The van der Waals surface area contributed by atoms with Gasteiger partial charge in [-0.05, 0) is 45.1 Å². The lowest BCUT2D eigenvalue weighted by Gasteiger charge is -2.30. The molecule has 0 aromatic heterocycles. The SMILES string of the molecule is CC(C)[C@H](NC(=O)NC(C)(C)C)C(=O)N1CCC(C)(CN)C1.Cl. The first-order valence-electron chi connectivity index (χ1n) is 8.05. The number of hydrogen-bond acceptors (Lipinski definition) is 3. The summed E-state index contributed by atoms with van der Waals surface area (Å²) in [5.41, 5.74) is 5.46. The van der Waals surface area contributed by atoms with Crippen LogP contribution in [-0.4, -0.2) is 48.1 Å². The molecule has 0 aromatic rings. The maximum absolute atomic E-state index is 12.7. The highest BCUT2D eigenvalue weighted by atomic mass is 35.5. The lowest BCUT2D eigenvalue weighted by molar-refractivity contribution is -0.133. The third-order valence-corrected chi connectivity index (χ3v) is 4.07. The molecule has 0 radical (unpaired) electrons. The van der Waals surface area contributed by atoms with Gasteiger partial charge in [0.1, 0.15) is 6.04 Å². The van der Waals surface area contributed by atoms with E-state index in [9.17, 15) is 9.59 Å². The Bertz CT molecular complexity index is 423. The number of amides is 3. The van der Waals surface area contributed by atoms with Gasteiger partial charge in [0.15, 0.2) is 0 Å². The van der Waals surface area contributed by atoms with E-state index in [2.05, 4.69) is 17.6 Å². The summed E-state index contributed by atoms with van der Waals surface area (Å²) in [6, 6.07) is -0.817. The lowest BCUT2D eigenvalue weighted by atomic mass is 9.90. The van der Waals surface area contributed by atoms with Crippen molar-refractivity contribution in [2.24, 2.45) is 17.1 Å². The van der Waals surface area contributed by atoms with Crippen molar-refractivity contribution < 1.29 is 9.59 Å². The predicted octanol–water partition coefficient (Wildman–Crippen LogP) is 1.73. The van der Waals surface area contributed by atoms with E-state index >= 15 is 0 Å². The van der Waals surface area contributed by atoms with Crippen LogP contribution in [-0.2, 0) is 4.79 Å². The summed E-state index contributed by atoms with van der Waals surface area (Å²) in [5.74, 6) is 0.0131. The minimum absolute atomic E-state index is 0. The van der Waals surface area contributed by atoms with Gasteiger partial charge in [-0.2, -0.15) is 0 Å². The molecule has 4 N–H and O–H groups in total. The Morgan fingerprint density at radius 3 is 2.26 bits per heavy atom. The predicted molar refractivity (Wildman–Crippen MR) is 95.7 cm³/mol. The molecule has 3 amide bonds. The zero-order valence-electron chi connectivity index (χ0n) is 15.2. The van der Waals surface area contributed by atoms with Crippen LogP contribution >= 0.6 is 12.4 Å². The van der Waals surface area contributed by atoms with Crippen LogP contribution in [0.3, 0.4) is 0 Å². The third-order valence-electron chi connectivity index (χ3n) is 4.07. The maximum Gasteiger partial charge on any atom is 0.315 e. The van der Waals surface area contributed by atoms with Crippen molar-refractivity contribution in [2.45, 2.75) is 59.5 Å². The zero-order valence-corrected chi connectivity index (χ0v) is 16.0. The van der Waals surface area contributed by atoms with Crippen molar-refractivity contribution in [2.75, 3.05) is 19.6 Å². The molecule has 0 saturated carbocycles. The van der Waals surface area contributed by atoms with Gasteiger partial charge in [0.2, 0.25) is 5.91 Å². The van der Waals surface area contributed by atoms with Crippen LogP contribution in [0.2, 0.25) is 0 Å². The normalized spacial score (nSPS) is 22.5. The second-order valence-corrected chi connectivity index (χ2v) is 8.09. The van der Waals surface area contributed by atoms with Crippen molar-refractivity contribution in [1.29, 1.82) is 0 Å². The summed E-state index contributed by atoms with van der Waals surface area (Å²) < 4.78 is 0. The van der Waals surface area contributed by atoms with Crippen LogP contribution in [0, 0.1) is 11.3 Å². The molecule has 23 heavy (non-hydrogen) atoms. The largest absolute Gasteiger partial charge is 0.340 e. The zero-order chi connectivity index (χ0) is 17.1. The smallest absolute Gasteiger partial charge is 0.315 e. The van der Waals surface area contributed by atoms with Crippen LogP contribution in [0.4, 0.5) is 4.79 Å². The molecule has 2 atom stereocenters. The number of halogens is 1. The van der Waals surface area contributed by atoms with E-state index in [1.807, 2.05) is 39.5 Å². The molecule has 1 aliphatic rings. The molecule has 0 bridgehead atoms. The summed E-state index contributed by atoms with van der Waals surface area (Å²) in [6.45, 7) is 13.7. The fourth-order valence-corrected chi connectivity index (χ4v) is 2.61. The van der Waals surface area contributed by atoms with Crippen LogP contribution in [0.15, 0.2) is 0 Å². The highest BCUT2D eigenvalue weighted by Crippen LogP contribution is 2.29. The summed E-state index contributed by atoms with van der Waals surface area (Å²) in [7, 11) is 0. The number of carbonyl (C=O) groups is 2. The number of carbonyl (C=O) groups excluding carboxylic acids is 2.